The van der Waals surface area contributed by atoms with E-state index in [2.05, 4.69) is 15.3 Å². The molecule has 1 unspecified atom stereocenters. The Morgan fingerprint density at radius 2 is 2.05 bits per heavy atom. The first kappa shape index (κ1) is 15.7. The number of carbonyl (C=O) groups is 1. The van der Waals surface area contributed by atoms with E-state index in [4.69, 9.17) is 0 Å². The Hall–Kier alpha value is -1.70. The SMILES string of the molecule is CCOC(=O)CC1(C(F)(F)F)NN=C(c2ccccc2)S1. The van der Waals surface area contributed by atoms with Crippen molar-refractivity contribution in [3.05, 3.63) is 35.9 Å². The van der Waals surface area contributed by atoms with Crippen LogP contribution in [0.3, 0.4) is 0 Å². The average Bonchev–Trinajstić information content (AvgIpc) is 2.85. The molecule has 0 amide bonds. The van der Waals surface area contributed by atoms with Gasteiger partial charge in [-0.25, -0.2) is 0 Å². The number of halogens is 3. The zero-order valence-corrected chi connectivity index (χ0v) is 11.9. The van der Waals surface area contributed by atoms with Crippen LogP contribution in [0.15, 0.2) is 35.4 Å². The smallest absolute Gasteiger partial charge is 0.423 e. The minimum atomic E-state index is -4.65. The molecule has 0 saturated carbocycles. The van der Waals surface area contributed by atoms with Crippen molar-refractivity contribution < 1.29 is 22.7 Å². The second kappa shape index (κ2) is 5.97. The zero-order valence-electron chi connectivity index (χ0n) is 11.1. The summed E-state index contributed by atoms with van der Waals surface area (Å²) in [5.41, 5.74) is 2.63. The normalized spacial score (nSPS) is 21.6. The summed E-state index contributed by atoms with van der Waals surface area (Å²) in [6.07, 6.45) is -5.49. The Balaban J connectivity index is 2.21. The molecule has 1 heterocycles. The predicted molar refractivity (Wildman–Crippen MR) is 73.7 cm³/mol. The van der Waals surface area contributed by atoms with E-state index in [0.717, 1.165) is 0 Å². The third-order valence-corrected chi connectivity index (χ3v) is 4.12. The highest BCUT2D eigenvalue weighted by molar-refractivity contribution is 8.15. The van der Waals surface area contributed by atoms with Crippen molar-refractivity contribution in [2.75, 3.05) is 6.61 Å². The van der Waals surface area contributed by atoms with Gasteiger partial charge in [-0.05, 0) is 6.92 Å². The van der Waals surface area contributed by atoms with Gasteiger partial charge >= 0.3 is 12.1 Å². The minimum Gasteiger partial charge on any atom is -0.466 e. The maximum absolute atomic E-state index is 13.3. The van der Waals surface area contributed by atoms with Gasteiger partial charge in [-0.15, -0.1) is 0 Å². The van der Waals surface area contributed by atoms with Crippen LogP contribution in [0.1, 0.15) is 18.9 Å². The van der Waals surface area contributed by atoms with E-state index in [1.165, 1.54) is 0 Å². The van der Waals surface area contributed by atoms with Crippen LogP contribution in [0.25, 0.3) is 0 Å². The number of thioether (sulfide) groups is 1. The molecule has 2 rings (SSSR count). The molecule has 8 heteroatoms. The van der Waals surface area contributed by atoms with Crippen molar-refractivity contribution in [2.24, 2.45) is 5.10 Å². The van der Waals surface area contributed by atoms with Crippen LogP contribution < -0.4 is 5.43 Å². The minimum absolute atomic E-state index is 0.0316. The standard InChI is InChI=1S/C13H13F3N2O2S/c1-2-20-10(19)8-12(13(14,15)16)18-17-11(21-12)9-6-4-3-5-7-9/h3-7,18H,2,8H2,1H3. The van der Waals surface area contributed by atoms with E-state index in [9.17, 15) is 18.0 Å². The molecule has 0 saturated heterocycles. The van der Waals surface area contributed by atoms with Crippen LogP contribution in [-0.2, 0) is 9.53 Å². The van der Waals surface area contributed by atoms with Crippen LogP contribution in [0.5, 0.6) is 0 Å². The number of rotatable bonds is 4. The van der Waals surface area contributed by atoms with Gasteiger partial charge in [-0.2, -0.15) is 18.3 Å². The van der Waals surface area contributed by atoms with Gasteiger partial charge in [0.1, 0.15) is 5.04 Å². The Kier molecular flexibility index (Phi) is 4.46. The largest absolute Gasteiger partial charge is 0.466 e. The van der Waals surface area contributed by atoms with Gasteiger partial charge in [0, 0.05) is 5.56 Å². The number of ether oxygens (including phenoxy) is 1. The third kappa shape index (κ3) is 3.31. The average molecular weight is 318 g/mol. The Morgan fingerprint density at radius 3 is 2.62 bits per heavy atom. The molecule has 1 aromatic rings. The third-order valence-electron chi connectivity index (χ3n) is 2.79. The van der Waals surface area contributed by atoms with Crippen molar-refractivity contribution in [1.29, 1.82) is 0 Å². The lowest BCUT2D eigenvalue weighted by Gasteiger charge is -2.29. The van der Waals surface area contributed by atoms with Gasteiger partial charge < -0.3 is 4.74 Å². The number of nitrogens with one attached hydrogen (secondary N) is 1. The van der Waals surface area contributed by atoms with Gasteiger partial charge in [0.05, 0.1) is 13.0 Å². The lowest BCUT2D eigenvalue weighted by Crippen LogP contribution is -2.51. The summed E-state index contributed by atoms with van der Waals surface area (Å²) in [6, 6.07) is 8.48. The van der Waals surface area contributed by atoms with Crippen LogP contribution in [0.4, 0.5) is 13.2 Å². The molecule has 1 aromatic carbocycles. The summed E-state index contributed by atoms with van der Waals surface area (Å²) in [5, 5.41) is 3.93. The number of alkyl halides is 3. The fraction of sp³-hybridized carbons (Fsp3) is 0.385. The Labute approximate surface area is 123 Å². The monoisotopic (exact) mass is 318 g/mol. The molecule has 1 N–H and O–H groups in total. The molecular weight excluding hydrogens is 305 g/mol. The number of hydrogen-bond acceptors (Lipinski definition) is 5. The van der Waals surface area contributed by atoms with Crippen LogP contribution in [-0.4, -0.2) is 28.7 Å². The van der Waals surface area contributed by atoms with E-state index in [1.807, 2.05) is 0 Å². The lowest BCUT2D eigenvalue weighted by atomic mass is 10.2. The van der Waals surface area contributed by atoms with Gasteiger partial charge in [0.15, 0.2) is 0 Å². The van der Waals surface area contributed by atoms with Gasteiger partial charge in [0.2, 0.25) is 4.87 Å². The van der Waals surface area contributed by atoms with Crippen molar-refractivity contribution in [3.8, 4) is 0 Å². The summed E-state index contributed by atoms with van der Waals surface area (Å²) in [7, 11) is 0. The lowest BCUT2D eigenvalue weighted by molar-refractivity contribution is -0.177. The second-order valence-corrected chi connectivity index (χ2v) is 5.59. The van der Waals surface area contributed by atoms with E-state index < -0.39 is 23.4 Å². The van der Waals surface area contributed by atoms with Crippen LogP contribution >= 0.6 is 11.8 Å². The molecule has 0 fully saturated rings. The molecule has 4 nitrogen and oxygen atoms in total. The van der Waals surface area contributed by atoms with E-state index in [-0.39, 0.29) is 11.7 Å². The molecule has 1 atom stereocenters. The highest BCUT2D eigenvalue weighted by Gasteiger charge is 2.60. The molecule has 0 spiro atoms. The number of hydrazone groups is 1. The quantitative estimate of drug-likeness (QED) is 0.867. The maximum atomic E-state index is 13.3. The number of nitrogens with zero attached hydrogens (tertiary/aromatic N) is 1. The molecule has 1 aliphatic heterocycles. The summed E-state index contributed by atoms with van der Waals surface area (Å²) in [5.74, 6) is -0.917. The van der Waals surface area contributed by atoms with Crippen LogP contribution in [0, 0.1) is 0 Å². The molecule has 0 aliphatic carbocycles. The number of benzene rings is 1. The summed E-state index contributed by atoms with van der Waals surface area (Å²) < 4.78 is 44.6. The summed E-state index contributed by atoms with van der Waals surface area (Å²) in [4.78, 5) is 8.99. The van der Waals surface area contributed by atoms with E-state index in [1.54, 1.807) is 37.3 Å². The summed E-state index contributed by atoms with van der Waals surface area (Å²) in [6.45, 7) is 1.57. The molecule has 0 aromatic heterocycles. The molecule has 0 bridgehead atoms. The summed E-state index contributed by atoms with van der Waals surface area (Å²) >= 11 is 0.485. The molecule has 1 aliphatic rings. The highest BCUT2D eigenvalue weighted by Crippen LogP contribution is 2.46. The fourth-order valence-electron chi connectivity index (χ4n) is 1.77. The zero-order chi connectivity index (χ0) is 15.5. The van der Waals surface area contributed by atoms with Crippen LogP contribution in [0.2, 0.25) is 0 Å². The van der Waals surface area contributed by atoms with Crippen molar-refractivity contribution in [3.63, 3.8) is 0 Å². The van der Waals surface area contributed by atoms with E-state index >= 15 is 0 Å². The molecule has 21 heavy (non-hydrogen) atoms. The maximum Gasteiger partial charge on any atom is 0.423 e. The topological polar surface area (TPSA) is 50.7 Å². The molecule has 114 valence electrons. The fourth-order valence-corrected chi connectivity index (χ4v) is 2.84. The highest BCUT2D eigenvalue weighted by atomic mass is 32.2. The Bertz CT molecular complexity index is 548. The Morgan fingerprint density at radius 1 is 1.38 bits per heavy atom. The first-order valence-corrected chi connectivity index (χ1v) is 7.01. The predicted octanol–water partition coefficient (Wildman–Crippen LogP) is 2.90. The molecule has 0 radical (unpaired) electrons. The van der Waals surface area contributed by atoms with Crippen molar-refractivity contribution in [2.45, 2.75) is 24.4 Å². The molecular formula is C13H13F3N2O2S. The van der Waals surface area contributed by atoms with Crippen molar-refractivity contribution in [1.82, 2.24) is 5.43 Å². The number of esters is 1. The van der Waals surface area contributed by atoms with E-state index in [0.29, 0.717) is 17.3 Å². The van der Waals surface area contributed by atoms with Gasteiger partial charge in [-0.1, -0.05) is 42.1 Å². The second-order valence-electron chi connectivity index (χ2n) is 4.30. The number of hydrogen-bond donors (Lipinski definition) is 1. The first-order valence-electron chi connectivity index (χ1n) is 6.19. The number of carbonyl (C=O) groups excluding carboxylic acids is 1. The van der Waals surface area contributed by atoms with Crippen molar-refractivity contribution >= 4 is 22.8 Å². The first-order chi connectivity index (χ1) is 9.88. The van der Waals surface area contributed by atoms with Gasteiger partial charge in [0.25, 0.3) is 0 Å². The van der Waals surface area contributed by atoms with Gasteiger partial charge in [-0.3, -0.25) is 10.2 Å².